The highest BCUT2D eigenvalue weighted by Crippen LogP contribution is 2.40. The maximum Gasteiger partial charge on any atom is 0.138 e. The summed E-state index contributed by atoms with van der Waals surface area (Å²) in [7, 11) is 0. The van der Waals surface area contributed by atoms with Gasteiger partial charge in [0.05, 0.1) is 11.9 Å². The summed E-state index contributed by atoms with van der Waals surface area (Å²) in [6.45, 7) is 7.20. The average Bonchev–Trinajstić information content (AvgIpc) is 2.63. The second-order valence-corrected chi connectivity index (χ2v) is 8.62. The first kappa shape index (κ1) is 18.8. The van der Waals surface area contributed by atoms with Crippen LogP contribution < -0.4 is 4.74 Å². The van der Waals surface area contributed by atoms with Gasteiger partial charge < -0.3 is 4.74 Å². The van der Waals surface area contributed by atoms with Crippen LogP contribution >= 0.6 is 22.6 Å². The Balaban J connectivity index is 1.79. The van der Waals surface area contributed by atoms with Gasteiger partial charge in [-0.1, -0.05) is 39.0 Å². The predicted molar refractivity (Wildman–Crippen MR) is 113 cm³/mol. The molecule has 0 fully saturated rings. The number of ether oxygens (including phenoxy) is 1. The zero-order valence-corrected chi connectivity index (χ0v) is 17.5. The van der Waals surface area contributed by atoms with E-state index in [9.17, 15) is 0 Å². The molecule has 0 bridgehead atoms. The Morgan fingerprint density at radius 3 is 2.31 bits per heavy atom. The van der Waals surface area contributed by atoms with E-state index in [2.05, 4.69) is 78.7 Å². The lowest BCUT2D eigenvalue weighted by Crippen LogP contribution is -2.20. The minimum atomic E-state index is 0.0656. The van der Waals surface area contributed by atoms with Crippen molar-refractivity contribution >= 4 is 22.6 Å². The monoisotopic (exact) mass is 458 g/mol. The first-order valence-electron chi connectivity index (χ1n) is 8.67. The zero-order chi connectivity index (χ0) is 18.6. The molecule has 0 N–H and O–H groups in total. The smallest absolute Gasteiger partial charge is 0.138 e. The summed E-state index contributed by atoms with van der Waals surface area (Å²) < 4.78 is 7.05. The van der Waals surface area contributed by atoms with Crippen LogP contribution in [-0.2, 0) is 6.61 Å². The van der Waals surface area contributed by atoms with Crippen LogP contribution in [0.1, 0.15) is 43.6 Å². The fraction of sp³-hybridized carbons (Fsp3) is 0.273. The van der Waals surface area contributed by atoms with Crippen LogP contribution in [0.3, 0.4) is 0 Å². The van der Waals surface area contributed by atoms with Gasteiger partial charge in [-0.05, 0) is 70.0 Å². The third-order valence-electron chi connectivity index (χ3n) is 4.24. The van der Waals surface area contributed by atoms with Gasteiger partial charge in [-0.15, -0.1) is 0 Å². The van der Waals surface area contributed by atoms with Crippen LogP contribution in [-0.4, -0.2) is 9.97 Å². The van der Waals surface area contributed by atoms with Gasteiger partial charge in [-0.2, -0.15) is 0 Å². The van der Waals surface area contributed by atoms with Crippen molar-refractivity contribution in [1.82, 2.24) is 9.97 Å². The van der Waals surface area contributed by atoms with Crippen molar-refractivity contribution in [2.75, 3.05) is 0 Å². The van der Waals surface area contributed by atoms with Gasteiger partial charge in [-0.3, -0.25) is 9.97 Å². The topological polar surface area (TPSA) is 35.0 Å². The van der Waals surface area contributed by atoms with Crippen LogP contribution in [0.25, 0.3) is 0 Å². The van der Waals surface area contributed by atoms with Crippen LogP contribution in [0.4, 0.5) is 0 Å². The number of halogens is 1. The number of pyridine rings is 2. The minimum absolute atomic E-state index is 0.0656. The number of aromatic nitrogens is 2. The quantitative estimate of drug-likeness (QED) is 0.451. The number of benzene rings is 1. The lowest BCUT2D eigenvalue weighted by atomic mass is 9.74. The molecule has 3 aromatic rings. The molecule has 0 saturated heterocycles. The van der Waals surface area contributed by atoms with Crippen molar-refractivity contribution in [1.29, 1.82) is 0 Å². The lowest BCUT2D eigenvalue weighted by Gasteiger charge is -2.31. The van der Waals surface area contributed by atoms with Crippen molar-refractivity contribution in [3.8, 4) is 5.75 Å². The molecule has 0 aliphatic carbocycles. The third-order valence-corrected chi connectivity index (χ3v) is 4.96. The minimum Gasteiger partial charge on any atom is -0.486 e. The summed E-state index contributed by atoms with van der Waals surface area (Å²) in [5, 5.41) is 0. The second-order valence-electron chi connectivity index (χ2n) is 7.38. The molecule has 3 nitrogen and oxygen atoms in total. The van der Waals surface area contributed by atoms with E-state index in [1.54, 1.807) is 6.20 Å². The van der Waals surface area contributed by atoms with Crippen molar-refractivity contribution in [3.05, 3.63) is 87.5 Å². The van der Waals surface area contributed by atoms with Crippen LogP contribution in [0, 0.1) is 8.99 Å². The first-order valence-corrected chi connectivity index (χ1v) is 9.75. The van der Waals surface area contributed by atoms with E-state index in [1.807, 2.05) is 30.5 Å². The lowest BCUT2D eigenvalue weighted by molar-refractivity contribution is 0.299. The predicted octanol–water partition coefficient (Wildman–Crippen LogP) is 5.84. The first-order chi connectivity index (χ1) is 12.4. The van der Waals surface area contributed by atoms with Gasteiger partial charge in [-0.25, -0.2) is 0 Å². The Morgan fingerprint density at radius 2 is 1.73 bits per heavy atom. The molecule has 26 heavy (non-hydrogen) atoms. The Kier molecular flexibility index (Phi) is 5.91. The standard InChI is InChI=1S/C22H23IN2O/c1-22(2,3)21(16-7-9-17(23)10-8-16)20-12-11-19(14-25-20)26-15-18-6-4-5-13-24-18/h4-14,21H,15H2,1-3H3. The fourth-order valence-corrected chi connectivity index (χ4v) is 3.42. The van der Waals surface area contributed by atoms with E-state index in [4.69, 9.17) is 9.72 Å². The fourth-order valence-electron chi connectivity index (χ4n) is 3.06. The molecule has 1 unspecified atom stereocenters. The van der Waals surface area contributed by atoms with E-state index in [1.165, 1.54) is 9.13 Å². The molecule has 0 spiro atoms. The molecule has 1 aromatic carbocycles. The highest BCUT2D eigenvalue weighted by atomic mass is 127. The molecule has 4 heteroatoms. The molecule has 0 aliphatic heterocycles. The summed E-state index contributed by atoms with van der Waals surface area (Å²) in [5.74, 6) is 0.985. The van der Waals surface area contributed by atoms with E-state index >= 15 is 0 Å². The van der Waals surface area contributed by atoms with Crippen molar-refractivity contribution < 1.29 is 4.74 Å². The van der Waals surface area contributed by atoms with Crippen LogP contribution in [0.5, 0.6) is 5.75 Å². The van der Waals surface area contributed by atoms with Crippen molar-refractivity contribution in [2.45, 2.75) is 33.3 Å². The maximum absolute atomic E-state index is 5.81. The molecule has 0 saturated carbocycles. The molecule has 3 rings (SSSR count). The highest BCUT2D eigenvalue weighted by Gasteiger charge is 2.29. The molecule has 1 atom stereocenters. The molecular formula is C22H23IN2O. The van der Waals surface area contributed by atoms with E-state index < -0.39 is 0 Å². The van der Waals surface area contributed by atoms with Crippen molar-refractivity contribution in [2.24, 2.45) is 5.41 Å². The summed E-state index contributed by atoms with van der Waals surface area (Å²) >= 11 is 2.34. The largest absolute Gasteiger partial charge is 0.486 e. The van der Waals surface area contributed by atoms with Crippen LogP contribution in [0.2, 0.25) is 0 Å². The van der Waals surface area contributed by atoms with Gasteiger partial charge >= 0.3 is 0 Å². The Hall–Kier alpha value is -1.95. The van der Waals surface area contributed by atoms with Gasteiger partial charge in [0.25, 0.3) is 0 Å². The third kappa shape index (κ3) is 4.81. The molecule has 134 valence electrons. The Morgan fingerprint density at radius 1 is 0.962 bits per heavy atom. The molecular weight excluding hydrogens is 435 g/mol. The molecule has 2 heterocycles. The summed E-state index contributed by atoms with van der Waals surface area (Å²) in [4.78, 5) is 8.98. The van der Waals surface area contributed by atoms with E-state index in [-0.39, 0.29) is 11.3 Å². The number of hydrogen-bond donors (Lipinski definition) is 0. The average molecular weight is 458 g/mol. The van der Waals surface area contributed by atoms with E-state index in [0.29, 0.717) is 6.61 Å². The second kappa shape index (κ2) is 8.16. The van der Waals surface area contributed by atoms with Gasteiger partial charge in [0, 0.05) is 21.4 Å². The Bertz CT molecular complexity index is 825. The zero-order valence-electron chi connectivity index (χ0n) is 15.3. The van der Waals surface area contributed by atoms with E-state index in [0.717, 1.165) is 17.1 Å². The highest BCUT2D eigenvalue weighted by molar-refractivity contribution is 14.1. The molecule has 0 radical (unpaired) electrons. The van der Waals surface area contributed by atoms with Crippen molar-refractivity contribution in [3.63, 3.8) is 0 Å². The summed E-state index contributed by atoms with van der Waals surface area (Å²) in [6.07, 6.45) is 3.58. The Labute approximate surface area is 169 Å². The van der Waals surface area contributed by atoms with Gasteiger partial charge in [0.2, 0.25) is 0 Å². The maximum atomic E-state index is 5.81. The normalized spacial score (nSPS) is 12.6. The number of nitrogens with zero attached hydrogens (tertiary/aromatic N) is 2. The molecule has 0 aliphatic rings. The van der Waals surface area contributed by atoms with Gasteiger partial charge in [0.1, 0.15) is 12.4 Å². The molecule has 0 amide bonds. The van der Waals surface area contributed by atoms with Gasteiger partial charge in [0.15, 0.2) is 0 Å². The van der Waals surface area contributed by atoms with Crippen LogP contribution in [0.15, 0.2) is 67.0 Å². The molecule has 2 aromatic heterocycles. The SMILES string of the molecule is CC(C)(C)C(c1ccc(I)cc1)c1ccc(OCc2ccccn2)cn1. The number of rotatable bonds is 5. The number of hydrogen-bond acceptors (Lipinski definition) is 3. The summed E-state index contributed by atoms with van der Waals surface area (Å²) in [5.41, 5.74) is 3.32. The summed E-state index contributed by atoms with van der Waals surface area (Å²) in [6, 6.07) is 18.6.